The third-order valence-corrected chi connectivity index (χ3v) is 3.53. The van der Waals surface area contributed by atoms with Gasteiger partial charge in [-0.1, -0.05) is 0 Å². The number of rotatable bonds is 6. The molecule has 0 aliphatic carbocycles. The monoisotopic (exact) mass is 306 g/mol. The van der Waals surface area contributed by atoms with Gasteiger partial charge >= 0.3 is 0 Å². The summed E-state index contributed by atoms with van der Waals surface area (Å²) in [6.45, 7) is 3.18. The summed E-state index contributed by atoms with van der Waals surface area (Å²) < 4.78 is 10.0. The second-order valence-electron chi connectivity index (χ2n) is 5.21. The molecule has 6 nitrogen and oxygen atoms in total. The largest absolute Gasteiger partial charge is 0.382 e. The first-order chi connectivity index (χ1) is 10.6. The van der Waals surface area contributed by atoms with E-state index in [1.807, 2.05) is 18.2 Å². The number of hydrogen-bond acceptors (Lipinski definition) is 4. The highest BCUT2D eigenvalue weighted by molar-refractivity contribution is 5.95. The Kier molecular flexibility index (Phi) is 5.91. The fourth-order valence-electron chi connectivity index (χ4n) is 2.51. The van der Waals surface area contributed by atoms with Crippen LogP contribution in [0.3, 0.4) is 0 Å². The van der Waals surface area contributed by atoms with Gasteiger partial charge in [0.15, 0.2) is 0 Å². The van der Waals surface area contributed by atoms with Crippen LogP contribution in [0.2, 0.25) is 0 Å². The summed E-state index contributed by atoms with van der Waals surface area (Å²) >= 11 is 0. The number of fused-ring (bicyclic) bond motifs is 1. The molecule has 2 amide bonds. The minimum Gasteiger partial charge on any atom is -0.382 e. The van der Waals surface area contributed by atoms with Gasteiger partial charge in [-0.3, -0.25) is 9.59 Å². The Morgan fingerprint density at radius 1 is 1.32 bits per heavy atom. The van der Waals surface area contributed by atoms with Gasteiger partial charge in [-0.05, 0) is 36.6 Å². The quantitative estimate of drug-likeness (QED) is 0.810. The van der Waals surface area contributed by atoms with Crippen molar-refractivity contribution in [3.05, 3.63) is 23.8 Å². The molecule has 1 heterocycles. The highest BCUT2D eigenvalue weighted by Gasteiger charge is 2.20. The highest BCUT2D eigenvalue weighted by Crippen LogP contribution is 2.29. The number of benzene rings is 1. The number of methoxy groups -OCH3 is 1. The maximum atomic E-state index is 11.8. The molecule has 0 atom stereocenters. The number of carbonyl (C=O) groups is 2. The van der Waals surface area contributed by atoms with Crippen LogP contribution >= 0.6 is 0 Å². The summed E-state index contributed by atoms with van der Waals surface area (Å²) in [7, 11) is 1.58. The van der Waals surface area contributed by atoms with E-state index >= 15 is 0 Å². The van der Waals surface area contributed by atoms with Crippen LogP contribution in [0.25, 0.3) is 0 Å². The van der Waals surface area contributed by atoms with Crippen molar-refractivity contribution in [3.63, 3.8) is 0 Å². The summed E-state index contributed by atoms with van der Waals surface area (Å²) in [6, 6.07) is 5.63. The lowest BCUT2D eigenvalue weighted by atomic mass is 10.0. The van der Waals surface area contributed by atoms with Crippen molar-refractivity contribution in [3.8, 4) is 0 Å². The second kappa shape index (κ2) is 7.91. The summed E-state index contributed by atoms with van der Waals surface area (Å²) in [5.41, 5.74) is 2.75. The maximum absolute atomic E-state index is 11.8. The zero-order valence-corrected chi connectivity index (χ0v) is 13.1. The molecule has 1 aliphatic heterocycles. The molecular formula is C16H22N2O4. The number of ether oxygens (including phenoxy) is 2. The van der Waals surface area contributed by atoms with Crippen LogP contribution in [-0.2, 0) is 25.5 Å². The normalized spacial score (nSPS) is 13.6. The molecule has 1 aromatic rings. The van der Waals surface area contributed by atoms with Gasteiger partial charge in [-0.2, -0.15) is 0 Å². The number of carbonyl (C=O) groups excluding carboxylic acids is 2. The Morgan fingerprint density at radius 2 is 2.14 bits per heavy atom. The molecule has 0 bridgehead atoms. The van der Waals surface area contributed by atoms with Crippen molar-refractivity contribution in [2.45, 2.75) is 19.8 Å². The number of amides is 2. The molecule has 6 heteroatoms. The molecule has 1 aromatic carbocycles. The number of aryl methyl sites for hydroxylation is 1. The van der Waals surface area contributed by atoms with Crippen LogP contribution in [0, 0.1) is 0 Å². The molecular weight excluding hydrogens is 284 g/mol. The van der Waals surface area contributed by atoms with Gasteiger partial charge in [0, 0.05) is 32.0 Å². The van der Waals surface area contributed by atoms with E-state index < -0.39 is 0 Å². The summed E-state index contributed by atoms with van der Waals surface area (Å²) in [5.74, 6) is -0.153. The van der Waals surface area contributed by atoms with Gasteiger partial charge in [0.2, 0.25) is 11.8 Å². The Hall–Kier alpha value is -1.92. The van der Waals surface area contributed by atoms with Crippen LogP contribution in [0.4, 0.5) is 11.4 Å². The minimum absolute atomic E-state index is 0.0000156. The van der Waals surface area contributed by atoms with Gasteiger partial charge in [0.05, 0.1) is 13.2 Å². The van der Waals surface area contributed by atoms with Crippen molar-refractivity contribution in [1.29, 1.82) is 0 Å². The minimum atomic E-state index is -0.199. The fourth-order valence-corrected chi connectivity index (χ4v) is 2.51. The highest BCUT2D eigenvalue weighted by atomic mass is 16.5. The van der Waals surface area contributed by atoms with Crippen LogP contribution in [0.1, 0.15) is 18.9 Å². The van der Waals surface area contributed by atoms with Gasteiger partial charge in [-0.25, -0.2) is 0 Å². The van der Waals surface area contributed by atoms with Crippen LogP contribution < -0.4 is 10.2 Å². The SMILES string of the molecule is COCCOCC(=O)Nc1ccc2c(c1)CCCN2C(C)=O. The molecule has 0 fully saturated rings. The molecule has 120 valence electrons. The topological polar surface area (TPSA) is 67.9 Å². The summed E-state index contributed by atoms with van der Waals surface area (Å²) in [6.07, 6.45) is 1.84. The molecule has 1 aliphatic rings. The van der Waals surface area contributed by atoms with E-state index in [-0.39, 0.29) is 18.4 Å². The fraction of sp³-hybridized carbons (Fsp3) is 0.500. The third kappa shape index (κ3) is 4.29. The second-order valence-corrected chi connectivity index (χ2v) is 5.21. The van der Waals surface area contributed by atoms with Gasteiger partial charge in [0.1, 0.15) is 6.61 Å². The first kappa shape index (κ1) is 16.5. The zero-order chi connectivity index (χ0) is 15.9. The average molecular weight is 306 g/mol. The van der Waals surface area contributed by atoms with E-state index in [9.17, 15) is 9.59 Å². The number of nitrogens with zero attached hydrogens (tertiary/aromatic N) is 1. The van der Waals surface area contributed by atoms with Gasteiger partial charge in [-0.15, -0.1) is 0 Å². The first-order valence-electron chi connectivity index (χ1n) is 7.39. The lowest BCUT2D eigenvalue weighted by molar-refractivity contribution is -0.121. The third-order valence-electron chi connectivity index (χ3n) is 3.53. The molecule has 2 rings (SSSR count). The molecule has 0 radical (unpaired) electrons. The molecule has 0 spiro atoms. The van der Waals surface area contributed by atoms with E-state index in [0.717, 1.165) is 36.3 Å². The van der Waals surface area contributed by atoms with Crippen LogP contribution in [-0.4, -0.2) is 45.3 Å². The zero-order valence-electron chi connectivity index (χ0n) is 13.1. The van der Waals surface area contributed by atoms with Crippen LogP contribution in [0.15, 0.2) is 18.2 Å². The smallest absolute Gasteiger partial charge is 0.250 e. The lowest BCUT2D eigenvalue weighted by Gasteiger charge is -2.28. The van der Waals surface area contributed by atoms with Crippen molar-refractivity contribution in [1.82, 2.24) is 0 Å². The van der Waals surface area contributed by atoms with Crippen molar-refractivity contribution < 1.29 is 19.1 Å². The summed E-state index contributed by atoms with van der Waals surface area (Å²) in [5, 5.41) is 2.80. The van der Waals surface area contributed by atoms with Crippen molar-refractivity contribution in [2.75, 3.05) is 43.7 Å². The molecule has 1 N–H and O–H groups in total. The molecule has 0 aromatic heterocycles. The van der Waals surface area contributed by atoms with Gasteiger partial charge in [0.25, 0.3) is 0 Å². The van der Waals surface area contributed by atoms with Gasteiger partial charge < -0.3 is 19.7 Å². The summed E-state index contributed by atoms with van der Waals surface area (Å²) in [4.78, 5) is 25.2. The van der Waals surface area contributed by atoms with Crippen molar-refractivity contribution in [2.24, 2.45) is 0 Å². The Morgan fingerprint density at radius 3 is 2.86 bits per heavy atom. The first-order valence-corrected chi connectivity index (χ1v) is 7.39. The lowest BCUT2D eigenvalue weighted by Crippen LogP contribution is -2.33. The predicted octanol–water partition coefficient (Wildman–Crippen LogP) is 1.59. The van der Waals surface area contributed by atoms with Crippen molar-refractivity contribution >= 4 is 23.2 Å². The molecule has 0 unspecified atom stereocenters. The van der Waals surface area contributed by atoms with E-state index in [1.54, 1.807) is 18.9 Å². The van der Waals surface area contributed by atoms with Crippen LogP contribution in [0.5, 0.6) is 0 Å². The average Bonchev–Trinajstić information content (AvgIpc) is 2.50. The maximum Gasteiger partial charge on any atom is 0.250 e. The number of anilines is 2. The van der Waals surface area contributed by atoms with E-state index in [2.05, 4.69) is 5.32 Å². The molecule has 22 heavy (non-hydrogen) atoms. The Labute approximate surface area is 130 Å². The van der Waals surface area contributed by atoms with E-state index in [4.69, 9.17) is 9.47 Å². The number of hydrogen-bond donors (Lipinski definition) is 1. The molecule has 0 saturated carbocycles. The standard InChI is InChI=1S/C16H22N2O4/c1-12(19)18-7-3-4-13-10-14(5-6-15(13)18)17-16(20)11-22-9-8-21-2/h5-6,10H,3-4,7-9,11H2,1-2H3,(H,17,20). The predicted molar refractivity (Wildman–Crippen MR) is 84.1 cm³/mol. The van der Waals surface area contributed by atoms with E-state index in [0.29, 0.717) is 13.2 Å². The molecule has 0 saturated heterocycles. The Balaban J connectivity index is 1.96. The number of nitrogens with one attached hydrogen (secondary N) is 1. The Bertz CT molecular complexity index is 545. The van der Waals surface area contributed by atoms with E-state index in [1.165, 1.54) is 0 Å².